The Morgan fingerprint density at radius 3 is 2.67 bits per heavy atom. The van der Waals surface area contributed by atoms with Crippen molar-refractivity contribution in [3.05, 3.63) is 42.9 Å². The van der Waals surface area contributed by atoms with Crippen molar-refractivity contribution in [3.8, 4) is 0 Å². The zero-order valence-electron chi connectivity index (χ0n) is 21.4. The number of nitrogens with one attached hydrogen (secondary N) is 4. The van der Waals surface area contributed by atoms with E-state index >= 15 is 0 Å². The van der Waals surface area contributed by atoms with Gasteiger partial charge in [0, 0.05) is 26.2 Å². The maximum absolute atomic E-state index is 4.84. The number of aromatic nitrogens is 3. The summed E-state index contributed by atoms with van der Waals surface area (Å²) in [5.74, 6) is 1.49. The Balaban J connectivity index is 1.25. The lowest BCUT2D eigenvalue weighted by atomic mass is 10.0. The van der Waals surface area contributed by atoms with Crippen molar-refractivity contribution in [2.75, 3.05) is 48.8 Å². The molecule has 4 N–H and O–H groups in total. The Morgan fingerprint density at radius 1 is 1.03 bits per heavy atom. The molecule has 2 fully saturated rings. The van der Waals surface area contributed by atoms with E-state index in [0.717, 1.165) is 60.1 Å². The molecule has 2 aliphatic rings. The monoisotopic (exact) mass is 507 g/mol. The summed E-state index contributed by atoms with van der Waals surface area (Å²) in [5, 5.41) is 7.38. The van der Waals surface area contributed by atoms with Crippen molar-refractivity contribution in [1.82, 2.24) is 30.7 Å². The topological polar surface area (TPSA) is 93.3 Å². The number of hydrogen-bond donors (Lipinski definition) is 4. The van der Waals surface area contributed by atoms with E-state index in [1.165, 1.54) is 19.3 Å². The number of likely N-dealkylation sites (N-methyl/N-ethyl adjacent to an activating group) is 1. The minimum atomic E-state index is 0.0727. The lowest BCUT2D eigenvalue weighted by Gasteiger charge is -2.33. The Bertz CT molecular complexity index is 1150. The summed E-state index contributed by atoms with van der Waals surface area (Å²) < 4.78 is 0. The number of anilines is 4. The van der Waals surface area contributed by atoms with Gasteiger partial charge in [0.25, 0.3) is 0 Å². The molecule has 3 aromatic heterocycles. The van der Waals surface area contributed by atoms with E-state index in [-0.39, 0.29) is 5.50 Å². The normalized spacial score (nSPS) is 21.6. The Hall–Kier alpha value is -2.66. The third-order valence-corrected chi connectivity index (χ3v) is 8.25. The molecule has 0 saturated carbocycles. The van der Waals surface area contributed by atoms with E-state index in [0.29, 0.717) is 11.3 Å². The molecule has 0 amide bonds. The second kappa shape index (κ2) is 11.6. The van der Waals surface area contributed by atoms with Gasteiger partial charge in [0.15, 0.2) is 0 Å². The molecule has 36 heavy (non-hydrogen) atoms. The average molecular weight is 508 g/mol. The van der Waals surface area contributed by atoms with E-state index < -0.39 is 0 Å². The van der Waals surface area contributed by atoms with E-state index in [1.807, 2.05) is 48.6 Å². The standard InChI is InChI=1S/C26H37N9S/c1-4-6-18(5-2)25-32-33-26(36-25)31-24-8-7-22-23(30-24)14-20(16-28-22)29-19-13-21(17-27-15-19)35-11-9-34(3)10-12-35/h7-8,13-18,25-26,29,32-33H,4-6,9-12H2,1-3H3,(H,30,31). The second-order valence-electron chi connectivity index (χ2n) is 9.63. The molecule has 2 aliphatic heterocycles. The number of nitrogens with zero attached hydrogens (tertiary/aromatic N) is 5. The molecule has 5 rings (SSSR count). The van der Waals surface area contributed by atoms with Gasteiger partial charge in [-0.05, 0) is 43.7 Å². The van der Waals surface area contributed by atoms with Crippen LogP contribution in [0.1, 0.15) is 33.1 Å². The van der Waals surface area contributed by atoms with Gasteiger partial charge in [-0.1, -0.05) is 38.5 Å². The molecular formula is C26H37N9S. The molecule has 0 bridgehead atoms. The van der Waals surface area contributed by atoms with Gasteiger partial charge in [-0.2, -0.15) is 0 Å². The molecule has 3 aromatic rings. The fraction of sp³-hybridized carbons (Fsp3) is 0.500. The lowest BCUT2D eigenvalue weighted by molar-refractivity contribution is 0.313. The molecule has 3 atom stereocenters. The molecule has 5 heterocycles. The Kier molecular flexibility index (Phi) is 8.05. The minimum absolute atomic E-state index is 0.0727. The van der Waals surface area contributed by atoms with E-state index in [9.17, 15) is 0 Å². The van der Waals surface area contributed by atoms with Gasteiger partial charge >= 0.3 is 0 Å². The van der Waals surface area contributed by atoms with Gasteiger partial charge in [-0.3, -0.25) is 9.97 Å². The third kappa shape index (κ3) is 6.00. The van der Waals surface area contributed by atoms with E-state index in [1.54, 1.807) is 0 Å². The molecular weight excluding hydrogens is 470 g/mol. The SMILES string of the molecule is CCCC(CC)C1NNC(Nc2ccc3ncc(Nc4cncc(N5CCN(C)CC5)c4)cc3n2)S1. The first-order valence-corrected chi connectivity index (χ1v) is 13.9. The highest BCUT2D eigenvalue weighted by Crippen LogP contribution is 2.31. The van der Waals surface area contributed by atoms with Gasteiger partial charge in [0.2, 0.25) is 0 Å². The van der Waals surface area contributed by atoms with Crippen LogP contribution in [-0.2, 0) is 0 Å². The summed E-state index contributed by atoms with van der Waals surface area (Å²) in [7, 11) is 2.17. The number of hydrogen-bond acceptors (Lipinski definition) is 10. The van der Waals surface area contributed by atoms with Crippen molar-refractivity contribution in [1.29, 1.82) is 0 Å². The lowest BCUT2D eigenvalue weighted by Crippen LogP contribution is -2.44. The third-order valence-electron chi connectivity index (χ3n) is 6.95. The van der Waals surface area contributed by atoms with Crippen LogP contribution in [-0.4, -0.2) is 64.0 Å². The van der Waals surface area contributed by atoms with Crippen LogP contribution in [0.25, 0.3) is 11.0 Å². The van der Waals surface area contributed by atoms with Crippen molar-refractivity contribution < 1.29 is 0 Å². The van der Waals surface area contributed by atoms with Gasteiger partial charge in [0.05, 0.1) is 52.1 Å². The molecule has 10 heteroatoms. The highest BCUT2D eigenvalue weighted by atomic mass is 32.2. The first-order valence-electron chi connectivity index (χ1n) is 13.0. The summed E-state index contributed by atoms with van der Waals surface area (Å²) in [5.41, 5.74) is 11.6. The van der Waals surface area contributed by atoms with Crippen LogP contribution in [0, 0.1) is 5.92 Å². The number of pyridine rings is 3. The summed E-state index contributed by atoms with van der Waals surface area (Å²) in [4.78, 5) is 18.7. The summed E-state index contributed by atoms with van der Waals surface area (Å²) >= 11 is 1.89. The van der Waals surface area contributed by atoms with E-state index in [4.69, 9.17) is 4.98 Å². The number of fused-ring (bicyclic) bond motifs is 1. The van der Waals surface area contributed by atoms with Crippen LogP contribution in [0.5, 0.6) is 0 Å². The maximum Gasteiger partial charge on any atom is 0.141 e. The molecule has 0 aromatic carbocycles. The second-order valence-corrected chi connectivity index (χ2v) is 10.9. The first-order chi connectivity index (χ1) is 17.6. The molecule has 3 unspecified atom stereocenters. The fourth-order valence-electron chi connectivity index (χ4n) is 4.80. The van der Waals surface area contributed by atoms with Crippen molar-refractivity contribution in [3.63, 3.8) is 0 Å². The molecule has 0 aliphatic carbocycles. The summed E-state index contributed by atoms with van der Waals surface area (Å²) in [6.07, 6.45) is 9.26. The summed E-state index contributed by atoms with van der Waals surface area (Å²) in [6, 6.07) is 8.20. The maximum atomic E-state index is 4.84. The van der Waals surface area contributed by atoms with Crippen molar-refractivity contribution >= 4 is 45.7 Å². The Morgan fingerprint density at radius 2 is 1.86 bits per heavy atom. The fourth-order valence-corrected chi connectivity index (χ4v) is 6.11. The summed E-state index contributed by atoms with van der Waals surface area (Å²) in [6.45, 7) is 8.69. The van der Waals surface area contributed by atoms with Gasteiger partial charge in [-0.25, -0.2) is 15.8 Å². The number of rotatable bonds is 9. The van der Waals surface area contributed by atoms with Crippen LogP contribution in [0.3, 0.4) is 0 Å². The quantitative estimate of drug-likeness (QED) is 0.337. The molecule has 0 spiro atoms. The number of piperazine rings is 1. The van der Waals surface area contributed by atoms with Crippen LogP contribution in [0.4, 0.5) is 22.9 Å². The highest BCUT2D eigenvalue weighted by molar-refractivity contribution is 8.00. The van der Waals surface area contributed by atoms with E-state index in [2.05, 4.69) is 68.2 Å². The van der Waals surface area contributed by atoms with Gasteiger partial charge in [0.1, 0.15) is 11.3 Å². The number of thioether (sulfide) groups is 1. The zero-order valence-corrected chi connectivity index (χ0v) is 22.2. The minimum Gasteiger partial charge on any atom is -0.368 e. The predicted molar refractivity (Wildman–Crippen MR) is 151 cm³/mol. The Labute approximate surface area is 217 Å². The van der Waals surface area contributed by atoms with Crippen LogP contribution in [0.15, 0.2) is 42.9 Å². The largest absolute Gasteiger partial charge is 0.368 e. The van der Waals surface area contributed by atoms with Crippen molar-refractivity contribution in [2.24, 2.45) is 5.92 Å². The highest BCUT2D eigenvalue weighted by Gasteiger charge is 2.29. The molecule has 192 valence electrons. The molecule has 2 saturated heterocycles. The molecule has 9 nitrogen and oxygen atoms in total. The predicted octanol–water partition coefficient (Wildman–Crippen LogP) is 4.21. The van der Waals surface area contributed by atoms with Crippen molar-refractivity contribution in [2.45, 2.75) is 44.0 Å². The van der Waals surface area contributed by atoms with Gasteiger partial charge < -0.3 is 20.4 Å². The van der Waals surface area contributed by atoms with Gasteiger partial charge in [-0.15, -0.1) is 0 Å². The van der Waals surface area contributed by atoms with Crippen LogP contribution in [0.2, 0.25) is 0 Å². The first kappa shape index (κ1) is 25.0. The zero-order chi connectivity index (χ0) is 24.9. The van der Waals surface area contributed by atoms with Crippen LogP contribution < -0.4 is 26.4 Å². The molecule has 0 radical (unpaired) electrons. The average Bonchev–Trinajstić information content (AvgIpc) is 3.36. The number of hydrazine groups is 1. The smallest absolute Gasteiger partial charge is 0.141 e. The van der Waals surface area contributed by atoms with Crippen LogP contribution >= 0.6 is 11.8 Å².